The van der Waals surface area contributed by atoms with E-state index in [0.717, 1.165) is 0 Å². The summed E-state index contributed by atoms with van der Waals surface area (Å²) in [6.45, 7) is 1.26. The molecule has 1 amide bonds. The van der Waals surface area contributed by atoms with Gasteiger partial charge in [-0.2, -0.15) is 13.4 Å². The van der Waals surface area contributed by atoms with Crippen molar-refractivity contribution in [1.29, 1.82) is 0 Å². The Morgan fingerprint density at radius 1 is 1.29 bits per heavy atom. The topological polar surface area (TPSA) is 127 Å². The number of amides is 1. The fourth-order valence-electron chi connectivity index (χ4n) is 1.14. The normalized spacial score (nSPS) is 11.2. The van der Waals surface area contributed by atoms with Crippen LogP contribution in [0.3, 0.4) is 0 Å². The van der Waals surface area contributed by atoms with E-state index < -0.39 is 15.9 Å². The van der Waals surface area contributed by atoms with Crippen LogP contribution in [-0.2, 0) is 14.8 Å². The fourth-order valence-corrected chi connectivity index (χ4v) is 3.49. The molecule has 0 aromatic carbocycles. The molecule has 0 saturated carbocycles. The van der Waals surface area contributed by atoms with Gasteiger partial charge in [0.05, 0.1) is 0 Å². The van der Waals surface area contributed by atoms with Crippen LogP contribution in [0, 0.1) is 0 Å². The van der Waals surface area contributed by atoms with Crippen LogP contribution < -0.4 is 10.0 Å². The van der Waals surface area contributed by atoms with Gasteiger partial charge in [-0.3, -0.25) is 9.52 Å². The molecule has 0 aliphatic heterocycles. The van der Waals surface area contributed by atoms with Gasteiger partial charge in [-0.25, -0.2) is 4.98 Å². The van der Waals surface area contributed by atoms with Gasteiger partial charge in [-0.1, -0.05) is 22.9 Å². The summed E-state index contributed by atoms with van der Waals surface area (Å²) in [6.07, 6.45) is 0. The molecular formula is C8H6Cl2N6O3S2. The first-order valence-electron chi connectivity index (χ1n) is 5.10. The van der Waals surface area contributed by atoms with Crippen LogP contribution in [0.1, 0.15) is 6.92 Å². The molecule has 0 radical (unpaired) electrons. The first-order chi connectivity index (χ1) is 9.76. The number of carbonyl (C=O) groups excluding carboxylic acids is 1. The van der Waals surface area contributed by atoms with Gasteiger partial charge in [0.25, 0.3) is 14.4 Å². The highest BCUT2D eigenvalue weighted by Gasteiger charge is 2.21. The molecule has 0 saturated heterocycles. The van der Waals surface area contributed by atoms with Crippen molar-refractivity contribution >= 4 is 61.4 Å². The molecule has 9 nitrogen and oxygen atoms in total. The summed E-state index contributed by atoms with van der Waals surface area (Å²) >= 11 is 11.9. The number of rotatable bonds is 4. The minimum absolute atomic E-state index is 0.0242. The monoisotopic (exact) mass is 368 g/mol. The number of hydrogen-bond donors (Lipinski definition) is 2. The van der Waals surface area contributed by atoms with Crippen molar-refractivity contribution in [3.63, 3.8) is 0 Å². The Hall–Kier alpha value is -1.56. The second-order valence-corrected chi connectivity index (χ2v) is 7.06. The van der Waals surface area contributed by atoms with Crippen LogP contribution in [0.15, 0.2) is 10.4 Å². The maximum Gasteiger partial charge on any atom is 0.292 e. The number of sulfonamides is 1. The average molecular weight is 369 g/mol. The molecule has 0 fully saturated rings. The molecule has 21 heavy (non-hydrogen) atoms. The number of carbonyl (C=O) groups is 1. The lowest BCUT2D eigenvalue weighted by Gasteiger charge is -2.04. The zero-order valence-corrected chi connectivity index (χ0v) is 13.3. The third kappa shape index (κ3) is 4.20. The SMILES string of the molecule is CC(=O)Nc1nnc(S(=O)(=O)Nc2cc(Cl)nc(Cl)n2)s1. The van der Waals surface area contributed by atoms with Crippen molar-refractivity contribution in [3.05, 3.63) is 16.5 Å². The number of nitrogens with one attached hydrogen (secondary N) is 2. The maximum atomic E-state index is 12.1. The van der Waals surface area contributed by atoms with Crippen LogP contribution in [0.2, 0.25) is 10.4 Å². The highest BCUT2D eigenvalue weighted by Crippen LogP contribution is 2.23. The quantitative estimate of drug-likeness (QED) is 0.474. The van der Waals surface area contributed by atoms with Crippen LogP contribution in [-0.4, -0.2) is 34.5 Å². The molecule has 13 heteroatoms. The second kappa shape index (κ2) is 6.05. The number of aromatic nitrogens is 4. The lowest BCUT2D eigenvalue weighted by atomic mass is 10.6. The van der Waals surface area contributed by atoms with Gasteiger partial charge >= 0.3 is 0 Å². The molecule has 0 spiro atoms. The summed E-state index contributed by atoms with van der Waals surface area (Å²) in [4.78, 5) is 18.1. The molecule has 0 aliphatic carbocycles. The van der Waals surface area contributed by atoms with Gasteiger partial charge < -0.3 is 5.32 Å². The predicted octanol–water partition coefficient (Wildman–Crippen LogP) is 1.39. The Labute approximate surface area is 132 Å². The van der Waals surface area contributed by atoms with E-state index in [0.29, 0.717) is 11.3 Å². The lowest BCUT2D eigenvalue weighted by Crippen LogP contribution is -2.14. The van der Waals surface area contributed by atoms with Gasteiger partial charge in [0.2, 0.25) is 16.3 Å². The van der Waals surface area contributed by atoms with Crippen molar-refractivity contribution in [2.24, 2.45) is 0 Å². The smallest absolute Gasteiger partial charge is 0.292 e. The van der Waals surface area contributed by atoms with Crippen molar-refractivity contribution in [2.75, 3.05) is 10.0 Å². The molecule has 2 rings (SSSR count). The largest absolute Gasteiger partial charge is 0.301 e. The minimum Gasteiger partial charge on any atom is -0.301 e. The molecule has 2 aromatic heterocycles. The molecular weight excluding hydrogens is 363 g/mol. The highest BCUT2D eigenvalue weighted by atomic mass is 35.5. The van der Waals surface area contributed by atoms with Crippen LogP contribution in [0.4, 0.5) is 10.9 Å². The number of halogens is 2. The van der Waals surface area contributed by atoms with E-state index >= 15 is 0 Å². The summed E-state index contributed by atoms with van der Waals surface area (Å²) in [6, 6.07) is 1.18. The molecule has 2 heterocycles. The lowest BCUT2D eigenvalue weighted by molar-refractivity contribution is -0.114. The van der Waals surface area contributed by atoms with Crippen molar-refractivity contribution in [3.8, 4) is 0 Å². The van der Waals surface area contributed by atoms with E-state index in [9.17, 15) is 13.2 Å². The molecule has 0 bridgehead atoms. The zero-order chi connectivity index (χ0) is 15.6. The molecule has 0 atom stereocenters. The Morgan fingerprint density at radius 3 is 2.62 bits per heavy atom. The van der Waals surface area contributed by atoms with Gasteiger partial charge in [0.15, 0.2) is 0 Å². The second-order valence-electron chi connectivity index (χ2n) is 3.50. The predicted molar refractivity (Wildman–Crippen MR) is 77.1 cm³/mol. The summed E-state index contributed by atoms with van der Waals surface area (Å²) in [5.41, 5.74) is 0. The van der Waals surface area contributed by atoms with E-state index in [1.54, 1.807) is 0 Å². The van der Waals surface area contributed by atoms with Gasteiger partial charge in [-0.15, -0.1) is 10.2 Å². The van der Waals surface area contributed by atoms with Crippen molar-refractivity contribution < 1.29 is 13.2 Å². The summed E-state index contributed by atoms with van der Waals surface area (Å²) in [7, 11) is -4.03. The Balaban J connectivity index is 2.25. The average Bonchev–Trinajstić information content (AvgIpc) is 2.74. The third-order valence-electron chi connectivity index (χ3n) is 1.83. The molecule has 0 aliphatic rings. The number of nitrogens with zero attached hydrogens (tertiary/aromatic N) is 4. The summed E-state index contributed by atoms with van der Waals surface area (Å²) in [5.74, 6) is -0.506. The molecule has 2 N–H and O–H groups in total. The Morgan fingerprint density at radius 2 is 2.00 bits per heavy atom. The zero-order valence-electron chi connectivity index (χ0n) is 10.2. The maximum absolute atomic E-state index is 12.1. The molecule has 0 unspecified atom stereocenters. The minimum atomic E-state index is -4.03. The van der Waals surface area contributed by atoms with Gasteiger partial charge in [0, 0.05) is 13.0 Å². The van der Waals surface area contributed by atoms with E-state index in [1.807, 2.05) is 0 Å². The van der Waals surface area contributed by atoms with Crippen LogP contribution >= 0.6 is 34.5 Å². The third-order valence-corrected chi connectivity index (χ3v) is 4.75. The summed E-state index contributed by atoms with van der Waals surface area (Å²) in [5, 5.41) is 9.15. The molecule has 112 valence electrons. The van der Waals surface area contributed by atoms with Crippen molar-refractivity contribution in [2.45, 2.75) is 11.3 Å². The van der Waals surface area contributed by atoms with Crippen LogP contribution in [0.25, 0.3) is 0 Å². The standard InChI is InChI=1S/C8H6Cl2N6O3S2/c1-3(17)11-7-14-15-8(20-7)21(18,19)16-5-2-4(9)12-6(10)13-5/h2H,1H3,(H,11,14,17)(H,12,13,16). The van der Waals surface area contributed by atoms with E-state index in [2.05, 4.69) is 30.2 Å². The Bertz CT molecular complexity index is 773. The van der Waals surface area contributed by atoms with Crippen LogP contribution in [0.5, 0.6) is 0 Å². The number of hydrogen-bond acceptors (Lipinski definition) is 8. The first-order valence-corrected chi connectivity index (χ1v) is 8.16. The van der Waals surface area contributed by atoms with E-state index in [-0.39, 0.29) is 25.7 Å². The number of anilines is 2. The van der Waals surface area contributed by atoms with E-state index in [4.69, 9.17) is 23.2 Å². The van der Waals surface area contributed by atoms with Gasteiger partial charge in [-0.05, 0) is 11.6 Å². The van der Waals surface area contributed by atoms with Gasteiger partial charge in [0.1, 0.15) is 11.0 Å². The first kappa shape index (κ1) is 15.8. The fraction of sp³-hybridized carbons (Fsp3) is 0.125. The van der Waals surface area contributed by atoms with E-state index in [1.165, 1.54) is 13.0 Å². The Kier molecular flexibility index (Phi) is 4.56. The highest BCUT2D eigenvalue weighted by molar-refractivity contribution is 7.94. The molecule has 2 aromatic rings. The summed E-state index contributed by atoms with van der Waals surface area (Å²) < 4.78 is 25.9. The van der Waals surface area contributed by atoms with Crippen molar-refractivity contribution in [1.82, 2.24) is 20.2 Å².